The van der Waals surface area contributed by atoms with Crippen LogP contribution in [0.25, 0.3) is 0 Å². The predicted molar refractivity (Wildman–Crippen MR) is 188 cm³/mol. The number of nitrogens with zero attached hydrogens (tertiary/aromatic N) is 5. The Morgan fingerprint density at radius 1 is 1.06 bits per heavy atom. The van der Waals surface area contributed by atoms with Gasteiger partial charge in [0.2, 0.25) is 0 Å². The van der Waals surface area contributed by atoms with Crippen LogP contribution in [-0.4, -0.2) is 105 Å². The maximum absolute atomic E-state index is 13.6. The molecule has 0 fully saturated rings. The van der Waals surface area contributed by atoms with Crippen LogP contribution in [-0.2, 0) is 21.0 Å². The molecule has 0 saturated heterocycles. The van der Waals surface area contributed by atoms with E-state index in [0.29, 0.717) is 48.0 Å². The van der Waals surface area contributed by atoms with E-state index in [0.717, 1.165) is 5.69 Å². The second-order valence-corrected chi connectivity index (χ2v) is 13.6. The molecular weight excluding hydrogens is 650 g/mol. The van der Waals surface area contributed by atoms with Crippen molar-refractivity contribution in [2.75, 3.05) is 69.5 Å². The van der Waals surface area contributed by atoms with Crippen LogP contribution in [0.4, 0.5) is 28.7 Å². The zero-order valence-electron chi connectivity index (χ0n) is 28.7. The van der Waals surface area contributed by atoms with Gasteiger partial charge in [-0.05, 0) is 51.0 Å². The fourth-order valence-electron chi connectivity index (χ4n) is 5.10. The number of rotatable bonds is 20. The number of aromatic nitrogens is 1. The van der Waals surface area contributed by atoms with Crippen LogP contribution in [0.5, 0.6) is 5.75 Å². The van der Waals surface area contributed by atoms with Crippen LogP contribution < -0.4 is 15.4 Å². The minimum atomic E-state index is -3.80. The molecule has 49 heavy (non-hydrogen) atoms. The summed E-state index contributed by atoms with van der Waals surface area (Å²) in [6.45, 7) is 8.11. The summed E-state index contributed by atoms with van der Waals surface area (Å²) in [5, 5.41) is 54.1. The van der Waals surface area contributed by atoms with E-state index in [9.17, 15) is 23.9 Å². The molecule has 2 unspecified atom stereocenters. The highest BCUT2D eigenvalue weighted by Gasteiger charge is 2.24. The number of sulfone groups is 1. The molecule has 1 aromatic heterocycles. The van der Waals surface area contributed by atoms with Gasteiger partial charge in [0.25, 0.3) is 0 Å². The third-order valence-electron chi connectivity index (χ3n) is 7.39. The van der Waals surface area contributed by atoms with E-state index in [1.54, 1.807) is 31.7 Å². The Morgan fingerprint density at radius 2 is 1.76 bits per heavy atom. The zero-order valence-corrected chi connectivity index (χ0v) is 29.5. The number of anilines is 3. The Morgan fingerprint density at radius 3 is 2.35 bits per heavy atom. The minimum absolute atomic E-state index is 0.0941. The highest BCUT2D eigenvalue weighted by atomic mass is 32.2. The third-order valence-corrected chi connectivity index (χ3v) is 9.16. The maximum Gasteiger partial charge on any atom is 0.180 e. The predicted octanol–water partition coefficient (Wildman–Crippen LogP) is 4.25. The number of nitrogens with one attached hydrogen (secondary N) is 2. The van der Waals surface area contributed by atoms with Gasteiger partial charge in [-0.3, -0.25) is 4.90 Å². The number of ether oxygens (including phenoxy) is 2. The number of azo groups is 1. The first-order valence-corrected chi connectivity index (χ1v) is 17.7. The van der Waals surface area contributed by atoms with Crippen molar-refractivity contribution in [3.05, 3.63) is 59.2 Å². The highest BCUT2D eigenvalue weighted by molar-refractivity contribution is 7.91. The van der Waals surface area contributed by atoms with E-state index >= 15 is 0 Å². The smallest absolute Gasteiger partial charge is 0.180 e. The molecule has 2 aromatic carbocycles. The maximum atomic E-state index is 13.6. The van der Waals surface area contributed by atoms with Crippen LogP contribution in [0.2, 0.25) is 0 Å². The lowest BCUT2D eigenvalue weighted by atomic mass is 10.1. The Labute approximate surface area is 288 Å². The van der Waals surface area contributed by atoms with Gasteiger partial charge in [-0.1, -0.05) is 25.1 Å². The second-order valence-electron chi connectivity index (χ2n) is 11.5. The number of pyridine rings is 1. The minimum Gasteiger partial charge on any atom is -0.494 e. The molecule has 14 nitrogen and oxygen atoms in total. The number of nitriles is 1. The number of hydrogen-bond acceptors (Lipinski definition) is 14. The molecule has 0 amide bonds. The summed E-state index contributed by atoms with van der Waals surface area (Å²) in [6, 6.07) is 14.6. The SMILES string of the molecule is CCc1cc(N=Nc2c(Nc3ccccc3)nc(NCCOCCO)c(C#N)c2C)c(OC)cc1S(=O)(=O)CCN(CC(C)O)CC(C)O. The van der Waals surface area contributed by atoms with E-state index in [4.69, 9.17) is 14.6 Å². The first kappa shape index (κ1) is 39.3. The van der Waals surface area contributed by atoms with Gasteiger partial charge >= 0.3 is 0 Å². The average Bonchev–Trinajstić information content (AvgIpc) is 3.06. The first-order valence-electron chi connectivity index (χ1n) is 16.1. The summed E-state index contributed by atoms with van der Waals surface area (Å²) in [6.07, 6.45) is -0.990. The van der Waals surface area contributed by atoms with Gasteiger partial charge in [0.05, 0.1) is 55.4 Å². The van der Waals surface area contributed by atoms with Crippen molar-refractivity contribution >= 4 is 38.5 Å². The Balaban J connectivity index is 2.02. The molecule has 0 aliphatic heterocycles. The monoisotopic (exact) mass is 697 g/mol. The number of benzene rings is 2. The van der Waals surface area contributed by atoms with Gasteiger partial charge in [-0.25, -0.2) is 13.4 Å². The highest BCUT2D eigenvalue weighted by Crippen LogP contribution is 2.39. The topological polar surface area (TPSA) is 202 Å². The van der Waals surface area contributed by atoms with Gasteiger partial charge in [0.15, 0.2) is 15.7 Å². The van der Waals surface area contributed by atoms with Gasteiger partial charge in [-0.15, -0.1) is 10.2 Å². The quantitative estimate of drug-likeness (QED) is 0.0831. The molecule has 0 radical (unpaired) electrons. The van der Waals surface area contributed by atoms with E-state index in [-0.39, 0.29) is 60.5 Å². The summed E-state index contributed by atoms with van der Waals surface area (Å²) >= 11 is 0. The van der Waals surface area contributed by atoms with E-state index in [1.807, 2.05) is 37.3 Å². The van der Waals surface area contributed by atoms with E-state index < -0.39 is 22.0 Å². The second kappa shape index (κ2) is 19.1. The Hall–Kier alpha value is -4.17. The molecule has 0 bridgehead atoms. The molecule has 15 heteroatoms. The number of hydrogen-bond donors (Lipinski definition) is 5. The van der Waals surface area contributed by atoms with E-state index in [1.165, 1.54) is 13.2 Å². The van der Waals surface area contributed by atoms with Gasteiger partial charge in [-0.2, -0.15) is 5.26 Å². The molecule has 2 atom stereocenters. The lowest BCUT2D eigenvalue weighted by molar-refractivity contribution is 0.0873. The molecule has 3 rings (SSSR count). The van der Waals surface area contributed by atoms with Crippen molar-refractivity contribution < 1.29 is 33.2 Å². The molecule has 0 aliphatic carbocycles. The lowest BCUT2D eigenvalue weighted by Crippen LogP contribution is -2.39. The third kappa shape index (κ3) is 11.5. The molecule has 5 N–H and O–H groups in total. The van der Waals surface area contributed by atoms with Crippen LogP contribution in [0.1, 0.15) is 37.5 Å². The van der Waals surface area contributed by atoms with Crippen LogP contribution in [0, 0.1) is 18.3 Å². The fraction of sp³-hybridized carbons (Fsp3) is 0.471. The molecule has 0 aliphatic rings. The zero-order chi connectivity index (χ0) is 36.0. The molecule has 0 spiro atoms. The van der Waals surface area contributed by atoms with Crippen molar-refractivity contribution in [1.82, 2.24) is 9.88 Å². The Bertz CT molecular complexity index is 1690. The van der Waals surface area contributed by atoms with Crippen molar-refractivity contribution in [2.24, 2.45) is 10.2 Å². The lowest BCUT2D eigenvalue weighted by Gasteiger charge is -2.25. The summed E-state index contributed by atoms with van der Waals surface area (Å²) in [4.78, 5) is 6.50. The molecule has 3 aromatic rings. The van der Waals surface area contributed by atoms with Crippen molar-refractivity contribution in [3.8, 4) is 11.8 Å². The van der Waals surface area contributed by atoms with Gasteiger partial charge < -0.3 is 35.4 Å². The van der Waals surface area contributed by atoms with Crippen molar-refractivity contribution in [2.45, 2.75) is 51.2 Å². The summed E-state index contributed by atoms with van der Waals surface area (Å²) < 4.78 is 38.1. The van der Waals surface area contributed by atoms with Crippen LogP contribution in [0.3, 0.4) is 0 Å². The van der Waals surface area contributed by atoms with Gasteiger partial charge in [0.1, 0.15) is 29.0 Å². The van der Waals surface area contributed by atoms with Gasteiger partial charge in [0, 0.05) is 43.5 Å². The summed E-state index contributed by atoms with van der Waals surface area (Å²) in [5.74, 6) is 0.617. The first-order chi connectivity index (χ1) is 23.4. The Kier molecular flexibility index (Phi) is 15.3. The number of aliphatic hydroxyl groups excluding tert-OH is 3. The fourth-order valence-corrected chi connectivity index (χ4v) is 6.71. The number of aliphatic hydroxyl groups is 3. The van der Waals surface area contributed by atoms with E-state index in [2.05, 4.69) is 31.9 Å². The van der Waals surface area contributed by atoms with Crippen LogP contribution >= 0.6 is 0 Å². The number of para-hydroxylation sites is 1. The molecular formula is C34H47N7O7S. The average molecular weight is 698 g/mol. The largest absolute Gasteiger partial charge is 0.494 e. The normalized spacial score (nSPS) is 13.0. The molecule has 1 heterocycles. The standard InChI is InChI=1S/C34H47N7O7S/c1-6-26-18-29(30(47-5)19-31(26)49(45,46)17-13-41(21-23(2)43)22-24(3)44)39-40-32-25(4)28(20-35)33(36-12-15-48-16-14-42)38-34(32)37-27-10-8-7-9-11-27/h7-11,18-19,23-24,42-44H,6,12-17,21-22H2,1-5H3,(H2,36,37,38). The summed E-state index contributed by atoms with van der Waals surface area (Å²) in [5.41, 5.74) is 2.61. The van der Waals surface area contributed by atoms with Crippen LogP contribution in [0.15, 0.2) is 57.6 Å². The van der Waals surface area contributed by atoms with Crippen molar-refractivity contribution in [1.29, 1.82) is 5.26 Å². The number of aryl methyl sites for hydroxylation is 1. The summed E-state index contributed by atoms with van der Waals surface area (Å²) in [7, 11) is -2.39. The molecule has 0 saturated carbocycles. The molecule has 266 valence electrons. The van der Waals surface area contributed by atoms with Crippen molar-refractivity contribution in [3.63, 3.8) is 0 Å². The number of methoxy groups -OCH3 is 1.